The molecule has 2 aromatic rings. The molecular formula is C14H18N6OS. The molecule has 0 unspecified atom stereocenters. The van der Waals surface area contributed by atoms with Gasteiger partial charge in [-0.3, -0.25) is 5.32 Å². The molecule has 0 atom stereocenters. The highest BCUT2D eigenvalue weighted by atomic mass is 32.1. The zero-order valence-electron chi connectivity index (χ0n) is 12.2. The Balaban J connectivity index is 1.31. The first-order valence-electron chi connectivity index (χ1n) is 7.65. The molecule has 2 fully saturated rings. The Kier molecular flexibility index (Phi) is 3.53. The van der Waals surface area contributed by atoms with Gasteiger partial charge >= 0.3 is 6.03 Å². The minimum atomic E-state index is -0.0475. The highest BCUT2D eigenvalue weighted by Crippen LogP contribution is 2.40. The summed E-state index contributed by atoms with van der Waals surface area (Å²) in [6.45, 7) is 1.47. The number of hydrogen-bond acceptors (Lipinski definition) is 5. The summed E-state index contributed by atoms with van der Waals surface area (Å²) in [6.07, 6.45) is 7.57. The number of piperidine rings is 1. The van der Waals surface area contributed by atoms with Gasteiger partial charge < -0.3 is 4.90 Å². The van der Waals surface area contributed by atoms with E-state index in [1.807, 2.05) is 9.58 Å². The molecule has 2 aliphatic rings. The van der Waals surface area contributed by atoms with Gasteiger partial charge in [0.15, 0.2) is 5.13 Å². The Hall–Kier alpha value is -1.96. The minimum absolute atomic E-state index is 0.0475. The van der Waals surface area contributed by atoms with E-state index in [2.05, 4.69) is 25.8 Å². The third-order valence-corrected chi connectivity index (χ3v) is 5.07. The molecule has 1 aliphatic carbocycles. The number of carbonyl (C=O) groups is 1. The van der Waals surface area contributed by atoms with Crippen LogP contribution < -0.4 is 5.32 Å². The molecule has 1 aliphatic heterocycles. The number of hydrogen-bond donors (Lipinski definition) is 1. The van der Waals surface area contributed by atoms with Crippen LogP contribution in [0.5, 0.6) is 0 Å². The monoisotopic (exact) mass is 318 g/mol. The molecule has 1 saturated heterocycles. The quantitative estimate of drug-likeness (QED) is 0.943. The number of amides is 2. The van der Waals surface area contributed by atoms with Gasteiger partial charge in [-0.1, -0.05) is 0 Å². The maximum Gasteiger partial charge on any atom is 0.323 e. The van der Waals surface area contributed by atoms with Gasteiger partial charge in [0.2, 0.25) is 0 Å². The number of nitrogens with zero attached hydrogens (tertiary/aromatic N) is 5. The largest absolute Gasteiger partial charge is 0.324 e. The van der Waals surface area contributed by atoms with Crippen LogP contribution in [0.25, 0.3) is 0 Å². The van der Waals surface area contributed by atoms with Gasteiger partial charge in [-0.2, -0.15) is 5.10 Å². The second kappa shape index (κ2) is 5.68. The standard InChI is InChI=1S/C14H18N6OS/c21-14(18-13-17-12(7-22-13)10-1-2-10)19-5-3-11(4-6-19)20-9-15-8-16-20/h7-11H,1-6H2,(H,17,18,21). The molecule has 4 rings (SSSR count). The maximum absolute atomic E-state index is 12.3. The van der Waals surface area contributed by atoms with E-state index in [1.54, 1.807) is 12.7 Å². The predicted molar refractivity (Wildman–Crippen MR) is 83.0 cm³/mol. The third-order valence-electron chi connectivity index (χ3n) is 4.29. The topological polar surface area (TPSA) is 75.9 Å². The number of anilines is 1. The van der Waals surface area contributed by atoms with Crippen molar-refractivity contribution in [1.82, 2.24) is 24.6 Å². The van der Waals surface area contributed by atoms with Crippen LogP contribution in [-0.4, -0.2) is 43.8 Å². The zero-order valence-corrected chi connectivity index (χ0v) is 13.0. The first kappa shape index (κ1) is 13.7. The number of likely N-dealkylation sites (tertiary alicyclic amines) is 1. The number of thiazole rings is 1. The van der Waals surface area contributed by atoms with E-state index in [1.165, 1.54) is 24.2 Å². The molecule has 8 heteroatoms. The van der Waals surface area contributed by atoms with Crippen molar-refractivity contribution >= 4 is 22.5 Å². The van der Waals surface area contributed by atoms with E-state index in [-0.39, 0.29) is 6.03 Å². The van der Waals surface area contributed by atoms with E-state index in [0.29, 0.717) is 17.1 Å². The fourth-order valence-corrected chi connectivity index (χ4v) is 3.60. The summed E-state index contributed by atoms with van der Waals surface area (Å²) >= 11 is 1.52. The van der Waals surface area contributed by atoms with Crippen molar-refractivity contribution in [3.05, 3.63) is 23.7 Å². The summed E-state index contributed by atoms with van der Waals surface area (Å²) in [6, 6.07) is 0.293. The Morgan fingerprint density at radius 1 is 1.27 bits per heavy atom. The molecule has 1 N–H and O–H groups in total. The number of aromatic nitrogens is 4. The van der Waals surface area contributed by atoms with Gasteiger partial charge in [0.25, 0.3) is 0 Å². The Morgan fingerprint density at radius 3 is 2.77 bits per heavy atom. The fraction of sp³-hybridized carbons (Fsp3) is 0.571. The molecule has 0 radical (unpaired) electrons. The van der Waals surface area contributed by atoms with Crippen LogP contribution in [0.2, 0.25) is 0 Å². The van der Waals surface area contributed by atoms with Crippen molar-refractivity contribution < 1.29 is 4.79 Å². The Morgan fingerprint density at radius 2 is 2.09 bits per heavy atom. The lowest BCUT2D eigenvalue weighted by Crippen LogP contribution is -2.41. The molecule has 7 nitrogen and oxygen atoms in total. The van der Waals surface area contributed by atoms with E-state index in [9.17, 15) is 4.79 Å². The van der Waals surface area contributed by atoms with Crippen LogP contribution in [0.3, 0.4) is 0 Å². The van der Waals surface area contributed by atoms with Gasteiger partial charge in [-0.05, 0) is 25.7 Å². The molecule has 0 bridgehead atoms. The van der Waals surface area contributed by atoms with Crippen LogP contribution in [0.1, 0.15) is 43.3 Å². The summed E-state index contributed by atoms with van der Waals surface area (Å²) in [5.41, 5.74) is 1.13. The molecule has 0 aromatic carbocycles. The highest BCUT2D eigenvalue weighted by Gasteiger charge is 2.27. The minimum Gasteiger partial charge on any atom is -0.324 e. The number of rotatable bonds is 3. The van der Waals surface area contributed by atoms with Crippen LogP contribution >= 0.6 is 11.3 Å². The molecule has 116 valence electrons. The summed E-state index contributed by atoms with van der Waals surface area (Å²) < 4.78 is 1.89. The average Bonchev–Trinajstić information content (AvgIpc) is 3.06. The van der Waals surface area contributed by atoms with Crippen LogP contribution in [0.15, 0.2) is 18.0 Å². The molecule has 3 heterocycles. The lowest BCUT2D eigenvalue weighted by molar-refractivity contribution is 0.180. The van der Waals surface area contributed by atoms with Gasteiger partial charge in [0, 0.05) is 24.4 Å². The van der Waals surface area contributed by atoms with E-state index >= 15 is 0 Å². The average molecular weight is 318 g/mol. The second-order valence-electron chi connectivity index (χ2n) is 5.88. The van der Waals surface area contributed by atoms with Crippen molar-refractivity contribution in [3.63, 3.8) is 0 Å². The number of nitrogens with one attached hydrogen (secondary N) is 1. The van der Waals surface area contributed by atoms with Crippen LogP contribution in [-0.2, 0) is 0 Å². The molecule has 1 saturated carbocycles. The van der Waals surface area contributed by atoms with Crippen LogP contribution in [0, 0.1) is 0 Å². The smallest absolute Gasteiger partial charge is 0.323 e. The van der Waals surface area contributed by atoms with Gasteiger partial charge in [-0.25, -0.2) is 19.4 Å². The number of carbonyl (C=O) groups excluding carboxylic acids is 1. The maximum atomic E-state index is 12.3. The van der Waals surface area contributed by atoms with Gasteiger partial charge in [0.1, 0.15) is 12.7 Å². The van der Waals surface area contributed by atoms with Crippen molar-refractivity contribution in [3.8, 4) is 0 Å². The number of urea groups is 1. The van der Waals surface area contributed by atoms with E-state index in [4.69, 9.17) is 0 Å². The van der Waals surface area contributed by atoms with Crippen molar-refractivity contribution in [1.29, 1.82) is 0 Å². The summed E-state index contributed by atoms with van der Waals surface area (Å²) in [4.78, 5) is 22.6. The zero-order chi connectivity index (χ0) is 14.9. The van der Waals surface area contributed by atoms with Gasteiger partial charge in [-0.15, -0.1) is 11.3 Å². The Labute approximate surface area is 132 Å². The lowest BCUT2D eigenvalue weighted by atomic mass is 10.1. The van der Waals surface area contributed by atoms with Crippen molar-refractivity contribution in [2.75, 3.05) is 18.4 Å². The predicted octanol–water partition coefficient (Wildman–Crippen LogP) is 2.48. The summed E-state index contributed by atoms with van der Waals surface area (Å²) in [5.74, 6) is 0.625. The normalized spacial score (nSPS) is 19.4. The van der Waals surface area contributed by atoms with Gasteiger partial charge in [0.05, 0.1) is 11.7 Å². The molecule has 0 spiro atoms. The Bertz CT molecular complexity index is 642. The first-order valence-corrected chi connectivity index (χ1v) is 8.53. The van der Waals surface area contributed by atoms with E-state index in [0.717, 1.165) is 31.6 Å². The van der Waals surface area contributed by atoms with E-state index < -0.39 is 0 Å². The van der Waals surface area contributed by atoms with Crippen LogP contribution in [0.4, 0.5) is 9.93 Å². The molecule has 2 amide bonds. The second-order valence-corrected chi connectivity index (χ2v) is 6.73. The third kappa shape index (κ3) is 2.83. The summed E-state index contributed by atoms with van der Waals surface area (Å²) in [7, 11) is 0. The fourth-order valence-electron chi connectivity index (χ4n) is 2.82. The SMILES string of the molecule is O=C(Nc1nc(C2CC2)cs1)N1CCC(n2cncn2)CC1. The summed E-state index contributed by atoms with van der Waals surface area (Å²) in [5, 5.41) is 9.88. The lowest BCUT2D eigenvalue weighted by Gasteiger charge is -2.31. The molecule has 2 aromatic heterocycles. The molecule has 22 heavy (non-hydrogen) atoms. The first-order chi connectivity index (χ1) is 10.8. The molecular weight excluding hydrogens is 300 g/mol. The van der Waals surface area contributed by atoms with Crippen molar-refractivity contribution in [2.45, 2.75) is 37.6 Å². The van der Waals surface area contributed by atoms with Crippen molar-refractivity contribution in [2.24, 2.45) is 0 Å². The highest BCUT2D eigenvalue weighted by molar-refractivity contribution is 7.13.